The summed E-state index contributed by atoms with van der Waals surface area (Å²) in [5, 5.41) is 8.86. The molecule has 1 aromatic carbocycles. The van der Waals surface area contributed by atoms with E-state index in [1.807, 2.05) is 19.1 Å². The van der Waals surface area contributed by atoms with Crippen molar-refractivity contribution in [2.75, 3.05) is 0 Å². The van der Waals surface area contributed by atoms with Crippen molar-refractivity contribution in [3.8, 4) is 5.75 Å². The molecule has 2 heteroatoms. The lowest BCUT2D eigenvalue weighted by Crippen LogP contribution is -2.11. The molecule has 0 bridgehead atoms. The maximum absolute atomic E-state index is 8.86. The maximum Gasteiger partial charge on any atom is 0.129 e. The number of ether oxygens (including phenoxy) is 1. The average molecular weight is 150 g/mol. The largest absolute Gasteiger partial charge is 0.488 e. The van der Waals surface area contributed by atoms with Crippen LogP contribution < -0.4 is 4.74 Å². The van der Waals surface area contributed by atoms with Crippen molar-refractivity contribution in [3.05, 3.63) is 28.8 Å². The summed E-state index contributed by atoms with van der Waals surface area (Å²) in [5.74, 6) is 1.00. The molecule has 58 valence electrons. The molecular weight excluding hydrogens is 140 g/mol. The topological polar surface area (TPSA) is 29.5 Å². The number of hydrogen-bond donors (Lipinski definition) is 1. The fourth-order valence-corrected chi connectivity index (χ4v) is 1.40. The van der Waals surface area contributed by atoms with Crippen molar-refractivity contribution in [2.24, 2.45) is 0 Å². The molecular formula is C9H10O2. The Morgan fingerprint density at radius 2 is 2.36 bits per heavy atom. The van der Waals surface area contributed by atoms with E-state index in [-0.39, 0.29) is 6.61 Å². The van der Waals surface area contributed by atoms with Crippen LogP contribution in [0.4, 0.5) is 0 Å². The number of aliphatic hydroxyl groups excluding tert-OH is 1. The van der Waals surface area contributed by atoms with E-state index in [4.69, 9.17) is 9.84 Å². The Labute approximate surface area is 65.4 Å². The quantitative estimate of drug-likeness (QED) is 0.655. The molecule has 2 nitrogen and oxygen atoms in total. The van der Waals surface area contributed by atoms with Gasteiger partial charge in [0.1, 0.15) is 12.4 Å². The third-order valence-corrected chi connectivity index (χ3v) is 1.97. The monoisotopic (exact) mass is 150 g/mol. The molecule has 0 saturated carbocycles. The van der Waals surface area contributed by atoms with E-state index in [1.54, 1.807) is 0 Å². The van der Waals surface area contributed by atoms with Crippen LogP contribution in [0.3, 0.4) is 0 Å². The number of benzene rings is 1. The Bertz CT molecular complexity index is 275. The van der Waals surface area contributed by atoms with Crippen molar-refractivity contribution >= 4 is 0 Å². The minimum atomic E-state index is 0.119. The van der Waals surface area contributed by atoms with Gasteiger partial charge >= 0.3 is 0 Å². The van der Waals surface area contributed by atoms with Crippen molar-refractivity contribution < 1.29 is 9.84 Å². The molecule has 2 rings (SSSR count). The van der Waals surface area contributed by atoms with Gasteiger partial charge in [0.15, 0.2) is 0 Å². The smallest absolute Gasteiger partial charge is 0.129 e. The van der Waals surface area contributed by atoms with Crippen LogP contribution in [-0.2, 0) is 13.2 Å². The highest BCUT2D eigenvalue weighted by atomic mass is 16.5. The predicted octanol–water partition coefficient (Wildman–Crippen LogP) is 1.38. The first kappa shape index (κ1) is 6.68. The van der Waals surface area contributed by atoms with Crippen LogP contribution in [0.25, 0.3) is 0 Å². The van der Waals surface area contributed by atoms with Crippen molar-refractivity contribution in [1.82, 2.24) is 0 Å². The number of rotatable bonds is 1. The van der Waals surface area contributed by atoms with Crippen LogP contribution >= 0.6 is 0 Å². The van der Waals surface area contributed by atoms with Gasteiger partial charge in [-0.2, -0.15) is 0 Å². The Morgan fingerprint density at radius 3 is 2.82 bits per heavy atom. The highest BCUT2D eigenvalue weighted by Gasteiger charge is 2.17. The van der Waals surface area contributed by atoms with Gasteiger partial charge in [0.05, 0.1) is 6.61 Å². The molecule has 0 aliphatic carbocycles. The molecule has 0 fully saturated rings. The summed E-state index contributed by atoms with van der Waals surface area (Å²) in [6, 6.07) is 3.95. The molecule has 1 aromatic rings. The summed E-state index contributed by atoms with van der Waals surface area (Å²) in [7, 11) is 0. The number of fused-ring (bicyclic) bond motifs is 1. The fourth-order valence-electron chi connectivity index (χ4n) is 1.40. The van der Waals surface area contributed by atoms with E-state index in [2.05, 4.69) is 0 Å². The van der Waals surface area contributed by atoms with Gasteiger partial charge in [-0.1, -0.05) is 6.07 Å². The zero-order valence-electron chi connectivity index (χ0n) is 6.42. The van der Waals surface area contributed by atoms with E-state index in [9.17, 15) is 0 Å². The van der Waals surface area contributed by atoms with Gasteiger partial charge in [-0.25, -0.2) is 0 Å². The van der Waals surface area contributed by atoms with E-state index in [0.29, 0.717) is 6.61 Å². The predicted molar refractivity (Wildman–Crippen MR) is 41.4 cm³/mol. The van der Waals surface area contributed by atoms with E-state index in [0.717, 1.165) is 16.9 Å². The standard InChI is InChI=1S/C9H10O2/c1-6-2-7(4-10)3-8-5-11-9(6)8/h2-3,10H,4-5H2,1H3. The second-order valence-electron chi connectivity index (χ2n) is 2.85. The number of hydrogen-bond acceptors (Lipinski definition) is 2. The molecule has 0 radical (unpaired) electrons. The van der Waals surface area contributed by atoms with Crippen LogP contribution in [0, 0.1) is 6.92 Å². The molecule has 0 atom stereocenters. The third-order valence-electron chi connectivity index (χ3n) is 1.97. The van der Waals surface area contributed by atoms with Crippen LogP contribution in [0.5, 0.6) is 5.75 Å². The van der Waals surface area contributed by atoms with Gasteiger partial charge < -0.3 is 9.84 Å². The van der Waals surface area contributed by atoms with Crippen LogP contribution in [0.1, 0.15) is 16.7 Å². The van der Waals surface area contributed by atoms with Gasteiger partial charge in [0.25, 0.3) is 0 Å². The minimum absolute atomic E-state index is 0.119. The lowest BCUT2D eigenvalue weighted by atomic mass is 10.0. The Kier molecular flexibility index (Phi) is 1.36. The molecule has 0 saturated heterocycles. The molecule has 0 amide bonds. The maximum atomic E-state index is 8.86. The van der Waals surface area contributed by atoms with Crippen LogP contribution in [0.2, 0.25) is 0 Å². The first-order valence-corrected chi connectivity index (χ1v) is 3.67. The molecule has 1 aliphatic heterocycles. The second-order valence-corrected chi connectivity index (χ2v) is 2.85. The fraction of sp³-hybridized carbons (Fsp3) is 0.333. The molecule has 11 heavy (non-hydrogen) atoms. The summed E-state index contributed by atoms with van der Waals surface area (Å²) < 4.78 is 5.22. The third kappa shape index (κ3) is 0.906. The van der Waals surface area contributed by atoms with Gasteiger partial charge in [-0.3, -0.25) is 0 Å². The van der Waals surface area contributed by atoms with E-state index >= 15 is 0 Å². The number of aryl methyl sites for hydroxylation is 1. The van der Waals surface area contributed by atoms with E-state index in [1.165, 1.54) is 5.56 Å². The minimum Gasteiger partial charge on any atom is -0.488 e. The van der Waals surface area contributed by atoms with Crippen LogP contribution in [0.15, 0.2) is 12.1 Å². The Morgan fingerprint density at radius 1 is 1.55 bits per heavy atom. The zero-order valence-corrected chi connectivity index (χ0v) is 6.42. The lowest BCUT2D eigenvalue weighted by molar-refractivity contribution is 0.238. The number of aliphatic hydroxyl groups is 1. The zero-order chi connectivity index (χ0) is 7.84. The van der Waals surface area contributed by atoms with Crippen molar-refractivity contribution in [2.45, 2.75) is 20.1 Å². The van der Waals surface area contributed by atoms with Gasteiger partial charge in [0.2, 0.25) is 0 Å². The molecule has 1 N–H and O–H groups in total. The lowest BCUT2D eigenvalue weighted by Gasteiger charge is -2.23. The van der Waals surface area contributed by atoms with Crippen LogP contribution in [-0.4, -0.2) is 5.11 Å². The molecule has 0 aromatic heterocycles. The summed E-state index contributed by atoms with van der Waals surface area (Å²) >= 11 is 0. The summed E-state index contributed by atoms with van der Waals surface area (Å²) in [6.07, 6.45) is 0. The summed E-state index contributed by atoms with van der Waals surface area (Å²) in [4.78, 5) is 0. The Hall–Kier alpha value is -1.02. The molecule has 1 heterocycles. The Balaban J connectivity index is 2.51. The summed E-state index contributed by atoms with van der Waals surface area (Å²) in [5.41, 5.74) is 3.32. The van der Waals surface area contributed by atoms with Gasteiger partial charge in [0, 0.05) is 5.56 Å². The second kappa shape index (κ2) is 2.24. The van der Waals surface area contributed by atoms with Gasteiger partial charge in [-0.05, 0) is 24.1 Å². The molecule has 0 spiro atoms. The highest BCUT2D eigenvalue weighted by Crippen LogP contribution is 2.33. The average Bonchev–Trinajstić information content (AvgIpc) is 1.93. The highest BCUT2D eigenvalue weighted by molar-refractivity contribution is 5.47. The SMILES string of the molecule is Cc1cc(CO)cc2c1OC2. The molecule has 1 aliphatic rings. The first-order valence-electron chi connectivity index (χ1n) is 3.67. The molecule has 0 unspecified atom stereocenters. The summed E-state index contributed by atoms with van der Waals surface area (Å²) in [6.45, 7) is 2.81. The van der Waals surface area contributed by atoms with Gasteiger partial charge in [-0.15, -0.1) is 0 Å². The van der Waals surface area contributed by atoms with Crippen molar-refractivity contribution in [3.63, 3.8) is 0 Å². The van der Waals surface area contributed by atoms with E-state index < -0.39 is 0 Å². The van der Waals surface area contributed by atoms with Crippen molar-refractivity contribution in [1.29, 1.82) is 0 Å². The first-order chi connectivity index (χ1) is 5.31. The normalized spacial score (nSPS) is 13.3.